The molecule has 19 heavy (non-hydrogen) atoms. The zero-order valence-corrected chi connectivity index (χ0v) is 13.8. The normalized spacial score (nSPS) is 24.1. The Labute approximate surface area is 123 Å². The van der Waals surface area contributed by atoms with Crippen LogP contribution in [0.25, 0.3) is 0 Å². The van der Waals surface area contributed by atoms with Crippen LogP contribution in [0.2, 0.25) is 0 Å². The van der Waals surface area contributed by atoms with Crippen molar-refractivity contribution >= 4 is 19.0 Å². The summed E-state index contributed by atoms with van der Waals surface area (Å²) in [6.07, 6.45) is 8.78. The highest BCUT2D eigenvalue weighted by Crippen LogP contribution is 2.57. The molecule has 3 nitrogen and oxygen atoms in total. The summed E-state index contributed by atoms with van der Waals surface area (Å²) in [6, 6.07) is 0. The van der Waals surface area contributed by atoms with Gasteiger partial charge in [-0.1, -0.05) is 19.8 Å². The summed E-state index contributed by atoms with van der Waals surface area (Å²) in [4.78, 5) is 0. The minimum absolute atomic E-state index is 0.0759. The van der Waals surface area contributed by atoms with Crippen molar-refractivity contribution in [1.29, 1.82) is 0 Å². The molecule has 0 saturated carbocycles. The monoisotopic (exact) mass is 306 g/mol. The fourth-order valence-corrected chi connectivity index (χ4v) is 7.24. The number of alkyl halides is 1. The van der Waals surface area contributed by atoms with Crippen molar-refractivity contribution in [1.82, 2.24) is 9.34 Å². The van der Waals surface area contributed by atoms with Crippen LogP contribution in [0.1, 0.15) is 51.9 Å². The van der Waals surface area contributed by atoms with E-state index in [9.17, 15) is 4.57 Å². The standard InChI is InChI=1S/C14H28ClN2OP/c1-2-3-8-14(15)13-19(18,16-9-4-5-10-16)17-11-6-7-12-17/h14H,2-13H2,1H3/t14-/m0/s1. The van der Waals surface area contributed by atoms with Gasteiger partial charge in [0.05, 0.1) is 0 Å². The minimum atomic E-state index is -2.38. The second-order valence-electron chi connectivity index (χ2n) is 5.91. The van der Waals surface area contributed by atoms with Crippen LogP contribution in [-0.4, -0.2) is 47.1 Å². The SMILES string of the molecule is CCCC[C@H](Cl)CP(=O)(N1CCCC1)N1CCCC1. The predicted octanol–water partition coefficient (Wildman–Crippen LogP) is 4.17. The highest BCUT2D eigenvalue weighted by molar-refractivity contribution is 7.59. The molecule has 2 saturated heterocycles. The Morgan fingerprint density at radius 3 is 1.95 bits per heavy atom. The van der Waals surface area contributed by atoms with E-state index >= 15 is 0 Å². The van der Waals surface area contributed by atoms with Gasteiger partial charge in [-0.25, -0.2) is 9.34 Å². The van der Waals surface area contributed by atoms with E-state index in [-0.39, 0.29) is 5.38 Å². The molecular formula is C14H28ClN2OP. The molecule has 0 radical (unpaired) electrons. The lowest BCUT2D eigenvalue weighted by Gasteiger charge is -2.36. The van der Waals surface area contributed by atoms with Gasteiger partial charge in [0.15, 0.2) is 0 Å². The molecule has 0 bridgehead atoms. The van der Waals surface area contributed by atoms with Crippen molar-refractivity contribution < 1.29 is 4.57 Å². The molecule has 0 aromatic heterocycles. The molecule has 112 valence electrons. The number of hydrogen-bond acceptors (Lipinski definition) is 1. The van der Waals surface area contributed by atoms with Crippen LogP contribution >= 0.6 is 19.0 Å². The topological polar surface area (TPSA) is 23.6 Å². The number of unbranched alkanes of at least 4 members (excludes halogenated alkanes) is 1. The number of hydrogen-bond donors (Lipinski definition) is 0. The summed E-state index contributed by atoms with van der Waals surface area (Å²) in [6.45, 7) is 6.21. The van der Waals surface area contributed by atoms with Crippen LogP contribution in [0.3, 0.4) is 0 Å². The lowest BCUT2D eigenvalue weighted by Crippen LogP contribution is -2.32. The molecule has 2 aliphatic heterocycles. The van der Waals surface area contributed by atoms with Gasteiger partial charge in [0, 0.05) is 37.7 Å². The fraction of sp³-hybridized carbons (Fsp3) is 1.00. The second-order valence-corrected chi connectivity index (χ2v) is 9.35. The number of nitrogens with zero attached hydrogens (tertiary/aromatic N) is 2. The van der Waals surface area contributed by atoms with Crippen LogP contribution in [0.4, 0.5) is 0 Å². The van der Waals surface area contributed by atoms with Crippen molar-refractivity contribution in [2.75, 3.05) is 32.3 Å². The van der Waals surface area contributed by atoms with Gasteiger partial charge in [-0.2, -0.15) is 0 Å². The van der Waals surface area contributed by atoms with E-state index in [1.165, 1.54) is 32.1 Å². The molecule has 0 aliphatic carbocycles. The van der Waals surface area contributed by atoms with E-state index in [0.29, 0.717) is 6.16 Å². The summed E-state index contributed by atoms with van der Waals surface area (Å²) in [5, 5.41) is 0.0759. The van der Waals surface area contributed by atoms with Gasteiger partial charge in [0.1, 0.15) is 0 Å². The van der Waals surface area contributed by atoms with Gasteiger partial charge >= 0.3 is 0 Å². The molecule has 0 unspecified atom stereocenters. The van der Waals surface area contributed by atoms with Crippen LogP contribution < -0.4 is 0 Å². The van der Waals surface area contributed by atoms with Gasteiger partial charge in [-0.3, -0.25) is 4.57 Å². The largest absolute Gasteiger partial charge is 0.289 e. The first-order valence-corrected chi connectivity index (χ1v) is 10.1. The lowest BCUT2D eigenvalue weighted by atomic mass is 10.2. The first-order chi connectivity index (χ1) is 9.16. The summed E-state index contributed by atoms with van der Waals surface area (Å²) in [7, 11) is -2.38. The maximum Gasteiger partial charge on any atom is 0.217 e. The first-order valence-electron chi connectivity index (χ1n) is 7.91. The van der Waals surface area contributed by atoms with E-state index in [4.69, 9.17) is 11.6 Å². The van der Waals surface area contributed by atoms with E-state index in [2.05, 4.69) is 16.3 Å². The molecule has 2 fully saturated rings. The van der Waals surface area contributed by atoms with Crippen molar-refractivity contribution in [3.05, 3.63) is 0 Å². The van der Waals surface area contributed by atoms with E-state index in [0.717, 1.165) is 39.0 Å². The smallest absolute Gasteiger partial charge is 0.217 e. The molecule has 2 aliphatic rings. The minimum Gasteiger partial charge on any atom is -0.289 e. The Bertz CT molecular complexity index is 295. The second kappa shape index (κ2) is 7.45. The molecule has 0 aromatic rings. The van der Waals surface area contributed by atoms with Crippen LogP contribution in [0.15, 0.2) is 0 Å². The van der Waals surface area contributed by atoms with Crippen LogP contribution in [0, 0.1) is 0 Å². The van der Waals surface area contributed by atoms with Gasteiger partial charge in [-0.05, 0) is 32.1 Å². The van der Waals surface area contributed by atoms with Gasteiger partial charge in [0.25, 0.3) is 0 Å². The van der Waals surface area contributed by atoms with E-state index in [1.807, 2.05) is 0 Å². The third-order valence-electron chi connectivity index (χ3n) is 4.36. The molecule has 5 heteroatoms. The summed E-state index contributed by atoms with van der Waals surface area (Å²) < 4.78 is 18.1. The third kappa shape index (κ3) is 3.97. The van der Waals surface area contributed by atoms with E-state index < -0.39 is 7.44 Å². The van der Waals surface area contributed by atoms with Crippen molar-refractivity contribution in [3.63, 3.8) is 0 Å². The quantitative estimate of drug-likeness (QED) is 0.521. The van der Waals surface area contributed by atoms with Crippen molar-refractivity contribution in [2.24, 2.45) is 0 Å². The Kier molecular flexibility index (Phi) is 6.20. The Hall–Kier alpha value is 0.440. The molecular weight excluding hydrogens is 279 g/mol. The molecule has 0 spiro atoms. The molecule has 0 amide bonds. The van der Waals surface area contributed by atoms with Gasteiger partial charge in [-0.15, -0.1) is 11.6 Å². The number of halogens is 1. The molecule has 1 atom stereocenters. The average Bonchev–Trinajstić information content (AvgIpc) is 3.07. The first kappa shape index (κ1) is 15.8. The highest BCUT2D eigenvalue weighted by atomic mass is 35.5. The molecule has 0 N–H and O–H groups in total. The van der Waals surface area contributed by atoms with Crippen LogP contribution in [0.5, 0.6) is 0 Å². The highest BCUT2D eigenvalue weighted by Gasteiger charge is 2.40. The maximum absolute atomic E-state index is 13.6. The fourth-order valence-electron chi connectivity index (χ4n) is 3.21. The molecule has 0 aromatic carbocycles. The summed E-state index contributed by atoms with van der Waals surface area (Å²) in [5.41, 5.74) is 0. The molecule has 2 rings (SSSR count). The third-order valence-corrected chi connectivity index (χ3v) is 8.43. The van der Waals surface area contributed by atoms with Gasteiger partial charge in [0.2, 0.25) is 7.44 Å². The van der Waals surface area contributed by atoms with Crippen molar-refractivity contribution in [3.8, 4) is 0 Å². The lowest BCUT2D eigenvalue weighted by molar-refractivity contribution is 0.391. The average molecular weight is 307 g/mol. The zero-order valence-electron chi connectivity index (χ0n) is 12.2. The molecule has 2 heterocycles. The summed E-state index contributed by atoms with van der Waals surface area (Å²) in [5.74, 6) is 0. The Morgan fingerprint density at radius 1 is 1.05 bits per heavy atom. The van der Waals surface area contributed by atoms with E-state index in [1.54, 1.807) is 0 Å². The van der Waals surface area contributed by atoms with Gasteiger partial charge < -0.3 is 0 Å². The van der Waals surface area contributed by atoms with Crippen LogP contribution in [-0.2, 0) is 4.57 Å². The Balaban J connectivity index is 2.02. The Morgan fingerprint density at radius 2 is 1.53 bits per heavy atom. The maximum atomic E-state index is 13.6. The number of rotatable bonds is 7. The summed E-state index contributed by atoms with van der Waals surface area (Å²) >= 11 is 6.48. The predicted molar refractivity (Wildman–Crippen MR) is 83.3 cm³/mol. The van der Waals surface area contributed by atoms with Crippen molar-refractivity contribution in [2.45, 2.75) is 57.2 Å². The zero-order chi connectivity index (χ0) is 13.7.